The summed E-state index contributed by atoms with van der Waals surface area (Å²) >= 11 is 1.59. The molecule has 1 heterocycles. The van der Waals surface area contributed by atoms with E-state index in [4.69, 9.17) is 5.26 Å². The first-order valence-corrected chi connectivity index (χ1v) is 6.30. The van der Waals surface area contributed by atoms with Gasteiger partial charge in [0.05, 0.1) is 28.9 Å². The van der Waals surface area contributed by atoms with Crippen LogP contribution in [0.1, 0.15) is 29.8 Å². The standard InChI is InChI=1S/C13H13N3S/c1-9-3-4-11(6-14)5-12(9)16-10(2)13-7-17-8-15-13/h3-5,7-8,10,16H,1-2H3. The second-order valence-corrected chi connectivity index (χ2v) is 4.64. The summed E-state index contributed by atoms with van der Waals surface area (Å²) in [5.74, 6) is 0. The topological polar surface area (TPSA) is 48.7 Å². The molecule has 0 aliphatic carbocycles. The van der Waals surface area contributed by atoms with Crippen LogP contribution in [-0.4, -0.2) is 4.98 Å². The van der Waals surface area contributed by atoms with Gasteiger partial charge in [-0.2, -0.15) is 5.26 Å². The highest BCUT2D eigenvalue weighted by atomic mass is 32.1. The lowest BCUT2D eigenvalue weighted by Crippen LogP contribution is -2.08. The number of rotatable bonds is 3. The van der Waals surface area contributed by atoms with Crippen LogP contribution in [0.5, 0.6) is 0 Å². The Kier molecular flexibility index (Phi) is 3.40. The highest BCUT2D eigenvalue weighted by Crippen LogP contribution is 2.22. The number of nitriles is 1. The fourth-order valence-electron chi connectivity index (χ4n) is 1.59. The molecule has 1 unspecified atom stereocenters. The van der Waals surface area contributed by atoms with Gasteiger partial charge in [0, 0.05) is 11.1 Å². The van der Waals surface area contributed by atoms with Gasteiger partial charge in [-0.25, -0.2) is 4.98 Å². The van der Waals surface area contributed by atoms with Gasteiger partial charge >= 0.3 is 0 Å². The Morgan fingerprint density at radius 2 is 2.29 bits per heavy atom. The Bertz CT molecular complexity index is 540. The monoisotopic (exact) mass is 243 g/mol. The van der Waals surface area contributed by atoms with Crippen LogP contribution in [0.15, 0.2) is 29.1 Å². The van der Waals surface area contributed by atoms with Crippen molar-refractivity contribution in [1.29, 1.82) is 5.26 Å². The van der Waals surface area contributed by atoms with Crippen LogP contribution in [0.3, 0.4) is 0 Å². The van der Waals surface area contributed by atoms with E-state index in [-0.39, 0.29) is 6.04 Å². The molecule has 4 heteroatoms. The summed E-state index contributed by atoms with van der Waals surface area (Å²) in [6, 6.07) is 7.95. The van der Waals surface area contributed by atoms with Crippen molar-refractivity contribution >= 4 is 17.0 Å². The van der Waals surface area contributed by atoms with Gasteiger partial charge in [0.25, 0.3) is 0 Å². The molecule has 86 valence electrons. The summed E-state index contributed by atoms with van der Waals surface area (Å²) < 4.78 is 0. The smallest absolute Gasteiger partial charge is 0.0992 e. The van der Waals surface area contributed by atoms with Crippen molar-refractivity contribution < 1.29 is 0 Å². The van der Waals surface area contributed by atoms with Crippen LogP contribution in [0, 0.1) is 18.3 Å². The second-order valence-electron chi connectivity index (χ2n) is 3.92. The first-order chi connectivity index (χ1) is 8.20. The minimum Gasteiger partial charge on any atom is -0.377 e. The van der Waals surface area contributed by atoms with Crippen LogP contribution in [0.25, 0.3) is 0 Å². The number of nitrogens with one attached hydrogen (secondary N) is 1. The molecule has 0 radical (unpaired) electrons. The van der Waals surface area contributed by atoms with E-state index in [1.54, 1.807) is 11.3 Å². The van der Waals surface area contributed by atoms with Gasteiger partial charge in [-0.15, -0.1) is 11.3 Å². The molecule has 2 rings (SSSR count). The number of thiazole rings is 1. The molecule has 1 aromatic carbocycles. The maximum Gasteiger partial charge on any atom is 0.0992 e. The third-order valence-electron chi connectivity index (χ3n) is 2.63. The maximum atomic E-state index is 8.88. The minimum atomic E-state index is 0.147. The number of hydrogen-bond donors (Lipinski definition) is 1. The Hall–Kier alpha value is -1.86. The first-order valence-electron chi connectivity index (χ1n) is 5.36. The SMILES string of the molecule is Cc1ccc(C#N)cc1NC(C)c1cscn1. The molecule has 0 saturated heterocycles. The molecule has 1 aromatic heterocycles. The van der Waals surface area contributed by atoms with E-state index in [1.807, 2.05) is 36.0 Å². The Morgan fingerprint density at radius 3 is 2.94 bits per heavy atom. The highest BCUT2D eigenvalue weighted by molar-refractivity contribution is 7.07. The summed E-state index contributed by atoms with van der Waals surface area (Å²) in [4.78, 5) is 4.28. The minimum absolute atomic E-state index is 0.147. The van der Waals surface area contributed by atoms with Gasteiger partial charge in [-0.1, -0.05) is 6.07 Å². The third-order valence-corrected chi connectivity index (χ3v) is 3.24. The quantitative estimate of drug-likeness (QED) is 0.897. The van der Waals surface area contributed by atoms with Crippen LogP contribution >= 0.6 is 11.3 Å². The number of aryl methyl sites for hydroxylation is 1. The molecule has 0 bridgehead atoms. The predicted molar refractivity (Wildman–Crippen MR) is 70.0 cm³/mol. The van der Waals surface area contributed by atoms with Crippen LogP contribution in [0.2, 0.25) is 0 Å². The zero-order valence-corrected chi connectivity index (χ0v) is 10.6. The number of benzene rings is 1. The molecular formula is C13H13N3S. The van der Waals surface area contributed by atoms with Gasteiger partial charge < -0.3 is 5.32 Å². The number of hydrogen-bond acceptors (Lipinski definition) is 4. The molecule has 0 aliphatic rings. The fraction of sp³-hybridized carbons (Fsp3) is 0.231. The van der Waals surface area contributed by atoms with Crippen LogP contribution < -0.4 is 5.32 Å². The second kappa shape index (κ2) is 4.98. The van der Waals surface area contributed by atoms with Crippen molar-refractivity contribution in [2.75, 3.05) is 5.32 Å². The fourth-order valence-corrected chi connectivity index (χ4v) is 2.24. The van der Waals surface area contributed by atoms with Crippen molar-refractivity contribution in [2.45, 2.75) is 19.9 Å². The lowest BCUT2D eigenvalue weighted by Gasteiger charge is -2.15. The summed E-state index contributed by atoms with van der Waals surface area (Å²) in [5, 5.41) is 14.3. The van der Waals surface area contributed by atoms with Gasteiger partial charge in [0.2, 0.25) is 0 Å². The summed E-state index contributed by atoms with van der Waals surface area (Å²) in [6.07, 6.45) is 0. The predicted octanol–water partition coefficient (Wildman–Crippen LogP) is 3.50. The molecule has 0 aliphatic heterocycles. The number of nitrogens with zero attached hydrogens (tertiary/aromatic N) is 2. The molecule has 0 saturated carbocycles. The highest BCUT2D eigenvalue weighted by Gasteiger charge is 2.08. The lowest BCUT2D eigenvalue weighted by molar-refractivity contribution is 0.848. The molecule has 3 nitrogen and oxygen atoms in total. The molecule has 0 spiro atoms. The Morgan fingerprint density at radius 1 is 1.47 bits per heavy atom. The molecule has 1 atom stereocenters. The van der Waals surface area contributed by atoms with Gasteiger partial charge in [0.1, 0.15) is 0 Å². The van der Waals surface area contributed by atoms with Crippen molar-refractivity contribution in [1.82, 2.24) is 4.98 Å². The number of anilines is 1. The molecular weight excluding hydrogens is 230 g/mol. The Labute approximate surface area is 105 Å². The molecule has 17 heavy (non-hydrogen) atoms. The number of aromatic nitrogens is 1. The van der Waals surface area contributed by atoms with Crippen molar-refractivity contribution in [3.63, 3.8) is 0 Å². The molecule has 0 amide bonds. The molecule has 2 aromatic rings. The van der Waals surface area contributed by atoms with E-state index in [2.05, 4.69) is 23.3 Å². The van der Waals surface area contributed by atoms with E-state index in [0.29, 0.717) is 5.56 Å². The largest absolute Gasteiger partial charge is 0.377 e. The van der Waals surface area contributed by atoms with E-state index >= 15 is 0 Å². The zero-order valence-electron chi connectivity index (χ0n) is 9.77. The van der Waals surface area contributed by atoms with Gasteiger partial charge in [0.15, 0.2) is 0 Å². The van der Waals surface area contributed by atoms with Crippen molar-refractivity contribution in [3.8, 4) is 6.07 Å². The average Bonchev–Trinajstić information content (AvgIpc) is 2.85. The van der Waals surface area contributed by atoms with E-state index in [1.165, 1.54) is 0 Å². The van der Waals surface area contributed by atoms with Crippen molar-refractivity contribution in [3.05, 3.63) is 45.9 Å². The van der Waals surface area contributed by atoms with E-state index in [9.17, 15) is 0 Å². The summed E-state index contributed by atoms with van der Waals surface area (Å²) in [7, 11) is 0. The van der Waals surface area contributed by atoms with E-state index < -0.39 is 0 Å². The maximum absolute atomic E-state index is 8.88. The summed E-state index contributed by atoms with van der Waals surface area (Å²) in [5.41, 5.74) is 5.64. The summed E-state index contributed by atoms with van der Waals surface area (Å²) in [6.45, 7) is 4.09. The van der Waals surface area contributed by atoms with Crippen molar-refractivity contribution in [2.24, 2.45) is 0 Å². The average molecular weight is 243 g/mol. The van der Waals surface area contributed by atoms with E-state index in [0.717, 1.165) is 16.9 Å². The Balaban J connectivity index is 2.21. The lowest BCUT2D eigenvalue weighted by atomic mass is 10.1. The zero-order chi connectivity index (χ0) is 12.3. The molecule has 1 N–H and O–H groups in total. The first kappa shape index (κ1) is 11.6. The third kappa shape index (κ3) is 2.63. The van der Waals surface area contributed by atoms with Crippen LogP contribution in [-0.2, 0) is 0 Å². The molecule has 0 fully saturated rings. The van der Waals surface area contributed by atoms with Gasteiger partial charge in [-0.3, -0.25) is 0 Å². The van der Waals surface area contributed by atoms with Crippen LogP contribution in [0.4, 0.5) is 5.69 Å². The van der Waals surface area contributed by atoms with Gasteiger partial charge in [-0.05, 0) is 31.5 Å². The normalized spacial score (nSPS) is 11.8.